The van der Waals surface area contributed by atoms with Gasteiger partial charge >= 0.3 is 0 Å². The molecular weight excluding hydrogens is 328 g/mol. The molecule has 0 atom stereocenters. The molecule has 1 aromatic carbocycles. The number of fused-ring (bicyclic) bond motifs is 1. The highest BCUT2D eigenvalue weighted by atomic mass is 16.5. The fraction of sp³-hybridized carbons (Fsp3) is 0.250. The molecule has 0 radical (unpaired) electrons. The second-order valence-electron chi connectivity index (χ2n) is 5.86. The number of benzene rings is 1. The summed E-state index contributed by atoms with van der Waals surface area (Å²) in [6, 6.07) is 11.7. The normalized spacial score (nSPS) is 14.7. The highest BCUT2D eigenvalue weighted by Crippen LogP contribution is 2.26. The first-order chi connectivity index (χ1) is 12.7. The number of carbonyl (C=O) groups is 1. The van der Waals surface area contributed by atoms with Crippen LogP contribution in [0, 0.1) is 11.3 Å². The van der Waals surface area contributed by atoms with Crippen LogP contribution in [0.15, 0.2) is 48.6 Å². The third kappa shape index (κ3) is 3.90. The Morgan fingerprint density at radius 2 is 2.15 bits per heavy atom. The summed E-state index contributed by atoms with van der Waals surface area (Å²) in [4.78, 5) is 19.1. The summed E-state index contributed by atoms with van der Waals surface area (Å²) in [7, 11) is 0. The maximum absolute atomic E-state index is 12.2. The number of aromatic nitrogens is 1. The smallest absolute Gasteiger partial charge is 0.262 e. The van der Waals surface area contributed by atoms with Crippen molar-refractivity contribution in [1.82, 2.24) is 10.3 Å². The van der Waals surface area contributed by atoms with E-state index in [1.807, 2.05) is 36.4 Å². The van der Waals surface area contributed by atoms with Gasteiger partial charge in [0.2, 0.25) is 0 Å². The van der Waals surface area contributed by atoms with Crippen LogP contribution in [0.5, 0.6) is 0 Å². The number of nitrogens with zero attached hydrogens (tertiary/aromatic N) is 3. The lowest BCUT2D eigenvalue weighted by Gasteiger charge is -2.29. The molecule has 1 aromatic heterocycles. The van der Waals surface area contributed by atoms with Gasteiger partial charge in [0.1, 0.15) is 17.5 Å². The molecular formula is C20H20N4O2. The molecule has 2 aromatic rings. The summed E-state index contributed by atoms with van der Waals surface area (Å²) in [5, 5.41) is 13.0. The van der Waals surface area contributed by atoms with Crippen molar-refractivity contribution in [3.63, 3.8) is 0 Å². The Morgan fingerprint density at radius 1 is 1.38 bits per heavy atom. The van der Waals surface area contributed by atoms with Crippen LogP contribution in [0.3, 0.4) is 0 Å². The Balaban J connectivity index is 2.06. The summed E-state index contributed by atoms with van der Waals surface area (Å²) in [6.07, 6.45) is 3.17. The SMILES string of the molecule is C=CCNC(=O)/C(C#N)=C/c1cc2ccccc2nc1N1CCOCC1. The Morgan fingerprint density at radius 3 is 2.88 bits per heavy atom. The second kappa shape index (κ2) is 8.28. The predicted octanol–water partition coefficient (Wildman–Crippen LogP) is 2.28. The van der Waals surface area contributed by atoms with Crippen molar-refractivity contribution in [2.45, 2.75) is 0 Å². The van der Waals surface area contributed by atoms with Gasteiger partial charge in [-0.3, -0.25) is 4.79 Å². The van der Waals surface area contributed by atoms with Crippen molar-refractivity contribution in [1.29, 1.82) is 5.26 Å². The van der Waals surface area contributed by atoms with Crippen molar-refractivity contribution in [3.05, 3.63) is 54.1 Å². The van der Waals surface area contributed by atoms with E-state index in [2.05, 4.69) is 16.8 Å². The number of para-hydroxylation sites is 1. The zero-order valence-corrected chi connectivity index (χ0v) is 14.4. The molecule has 0 aliphatic carbocycles. The number of rotatable bonds is 5. The minimum absolute atomic E-state index is 0.0402. The van der Waals surface area contributed by atoms with E-state index in [0.29, 0.717) is 19.8 Å². The number of hydrogen-bond acceptors (Lipinski definition) is 5. The molecule has 0 saturated carbocycles. The first-order valence-electron chi connectivity index (χ1n) is 8.46. The summed E-state index contributed by atoms with van der Waals surface area (Å²) in [5.74, 6) is 0.338. The largest absolute Gasteiger partial charge is 0.378 e. The van der Waals surface area contributed by atoms with Crippen LogP contribution >= 0.6 is 0 Å². The van der Waals surface area contributed by atoms with E-state index in [1.165, 1.54) is 0 Å². The Labute approximate surface area is 152 Å². The van der Waals surface area contributed by atoms with Gasteiger partial charge in [-0.15, -0.1) is 6.58 Å². The van der Waals surface area contributed by atoms with Crippen LogP contribution in [-0.2, 0) is 9.53 Å². The number of morpholine rings is 1. The lowest BCUT2D eigenvalue weighted by molar-refractivity contribution is -0.116. The number of anilines is 1. The van der Waals surface area contributed by atoms with Crippen LogP contribution in [0.4, 0.5) is 5.82 Å². The van der Waals surface area contributed by atoms with Crippen LogP contribution in [-0.4, -0.2) is 43.7 Å². The van der Waals surface area contributed by atoms with Gasteiger partial charge < -0.3 is 15.0 Å². The third-order valence-electron chi connectivity index (χ3n) is 4.11. The second-order valence-corrected chi connectivity index (χ2v) is 5.86. The molecule has 1 amide bonds. The molecule has 1 aliphatic heterocycles. The fourth-order valence-corrected chi connectivity index (χ4v) is 2.82. The number of hydrogen-bond donors (Lipinski definition) is 1. The van der Waals surface area contributed by atoms with Crippen LogP contribution in [0.1, 0.15) is 5.56 Å². The van der Waals surface area contributed by atoms with E-state index in [9.17, 15) is 10.1 Å². The molecule has 132 valence electrons. The molecule has 26 heavy (non-hydrogen) atoms. The maximum Gasteiger partial charge on any atom is 0.262 e. The molecule has 1 fully saturated rings. The van der Waals surface area contributed by atoms with Crippen LogP contribution in [0.25, 0.3) is 17.0 Å². The average Bonchev–Trinajstić information content (AvgIpc) is 2.70. The summed E-state index contributed by atoms with van der Waals surface area (Å²) in [5.41, 5.74) is 1.66. The first kappa shape index (κ1) is 17.6. The first-order valence-corrected chi connectivity index (χ1v) is 8.46. The molecule has 6 heteroatoms. The Kier molecular flexibility index (Phi) is 5.62. The van der Waals surface area contributed by atoms with Gasteiger partial charge in [-0.05, 0) is 18.2 Å². The molecule has 6 nitrogen and oxygen atoms in total. The highest BCUT2D eigenvalue weighted by molar-refractivity contribution is 6.02. The molecule has 1 saturated heterocycles. The van der Waals surface area contributed by atoms with Crippen LogP contribution in [0.2, 0.25) is 0 Å². The third-order valence-corrected chi connectivity index (χ3v) is 4.11. The topological polar surface area (TPSA) is 78.2 Å². The van der Waals surface area contributed by atoms with E-state index in [0.717, 1.165) is 35.4 Å². The minimum atomic E-state index is -0.423. The minimum Gasteiger partial charge on any atom is -0.378 e. The zero-order valence-electron chi connectivity index (χ0n) is 14.4. The van der Waals surface area contributed by atoms with E-state index in [1.54, 1.807) is 12.2 Å². The zero-order chi connectivity index (χ0) is 18.4. The van der Waals surface area contributed by atoms with Crippen molar-refractivity contribution >= 4 is 28.7 Å². The van der Waals surface area contributed by atoms with E-state index >= 15 is 0 Å². The fourth-order valence-electron chi connectivity index (χ4n) is 2.82. The van der Waals surface area contributed by atoms with Gasteiger partial charge in [0, 0.05) is 30.6 Å². The average molecular weight is 348 g/mol. The van der Waals surface area contributed by atoms with Gasteiger partial charge in [-0.2, -0.15) is 5.26 Å². The van der Waals surface area contributed by atoms with Crippen molar-refractivity contribution < 1.29 is 9.53 Å². The summed E-state index contributed by atoms with van der Waals surface area (Å²) < 4.78 is 5.42. The van der Waals surface area contributed by atoms with Gasteiger partial charge in [0.15, 0.2) is 0 Å². The molecule has 1 aliphatic rings. The number of nitriles is 1. The molecule has 3 rings (SSSR count). The molecule has 0 bridgehead atoms. The highest BCUT2D eigenvalue weighted by Gasteiger charge is 2.18. The Hall–Kier alpha value is -3.17. The lowest BCUT2D eigenvalue weighted by atomic mass is 10.1. The van der Waals surface area contributed by atoms with Crippen molar-refractivity contribution in [2.75, 3.05) is 37.7 Å². The van der Waals surface area contributed by atoms with E-state index in [4.69, 9.17) is 9.72 Å². The number of ether oxygens (including phenoxy) is 1. The maximum atomic E-state index is 12.2. The number of carbonyl (C=O) groups excluding carboxylic acids is 1. The van der Waals surface area contributed by atoms with Gasteiger partial charge in [-0.25, -0.2) is 4.98 Å². The molecule has 1 N–H and O–H groups in total. The van der Waals surface area contributed by atoms with Gasteiger partial charge in [-0.1, -0.05) is 24.3 Å². The monoisotopic (exact) mass is 348 g/mol. The van der Waals surface area contributed by atoms with E-state index in [-0.39, 0.29) is 5.57 Å². The van der Waals surface area contributed by atoms with E-state index < -0.39 is 5.91 Å². The van der Waals surface area contributed by atoms with Gasteiger partial charge in [0.05, 0.1) is 18.7 Å². The molecule has 0 spiro atoms. The Bertz CT molecular complexity index is 892. The molecule has 2 heterocycles. The predicted molar refractivity (Wildman–Crippen MR) is 102 cm³/mol. The molecule has 0 unspecified atom stereocenters. The quantitative estimate of drug-likeness (QED) is 0.509. The number of amides is 1. The number of pyridine rings is 1. The number of nitrogens with one attached hydrogen (secondary N) is 1. The lowest BCUT2D eigenvalue weighted by Crippen LogP contribution is -2.37. The summed E-state index contributed by atoms with van der Waals surface area (Å²) >= 11 is 0. The summed E-state index contributed by atoms with van der Waals surface area (Å²) in [6.45, 7) is 6.57. The van der Waals surface area contributed by atoms with Crippen molar-refractivity contribution in [2.24, 2.45) is 0 Å². The van der Waals surface area contributed by atoms with Crippen LogP contribution < -0.4 is 10.2 Å². The standard InChI is InChI=1S/C20H20N4O2/c1-2-7-22-20(25)17(14-21)13-16-12-15-5-3-4-6-18(15)23-19(16)24-8-10-26-11-9-24/h2-6,12-13H,1,7-11H2,(H,22,25)/b17-13+. The van der Waals surface area contributed by atoms with Gasteiger partial charge in [0.25, 0.3) is 5.91 Å². The van der Waals surface area contributed by atoms with Crippen molar-refractivity contribution in [3.8, 4) is 6.07 Å².